The van der Waals surface area contributed by atoms with Gasteiger partial charge < -0.3 is 5.73 Å². The summed E-state index contributed by atoms with van der Waals surface area (Å²) in [6, 6.07) is 2.24. The molecule has 0 atom stereocenters. The van der Waals surface area contributed by atoms with Crippen LogP contribution in [0.2, 0.25) is 0 Å². The number of nitrogens with zero attached hydrogens (tertiary/aromatic N) is 1. The maximum atomic E-state index is 12.4. The predicted octanol–water partition coefficient (Wildman–Crippen LogP) is 0.362. The average molecular weight is 154 g/mol. The number of aromatic nitrogens is 1. The Morgan fingerprint density at radius 2 is 2.45 bits per heavy atom. The molecule has 0 saturated heterocycles. The van der Waals surface area contributed by atoms with Crippen molar-refractivity contribution < 1.29 is 9.18 Å². The Balaban J connectivity index is 2.96. The standard InChI is InChI=1S/C7H7FN2O/c8-5-1-2-10-6(3-5)7(11)4-9/h1-3H,4,9H2. The van der Waals surface area contributed by atoms with Crippen molar-refractivity contribution in [2.45, 2.75) is 0 Å². The lowest BCUT2D eigenvalue weighted by Gasteiger charge is -1.94. The van der Waals surface area contributed by atoms with E-state index in [9.17, 15) is 9.18 Å². The molecular weight excluding hydrogens is 147 g/mol. The first kappa shape index (κ1) is 7.81. The molecule has 0 fully saturated rings. The molecule has 3 nitrogen and oxygen atoms in total. The quantitative estimate of drug-likeness (QED) is 0.626. The molecule has 0 radical (unpaired) electrons. The van der Waals surface area contributed by atoms with Gasteiger partial charge in [-0.1, -0.05) is 0 Å². The van der Waals surface area contributed by atoms with Gasteiger partial charge in [0.25, 0.3) is 0 Å². The van der Waals surface area contributed by atoms with E-state index < -0.39 is 5.82 Å². The van der Waals surface area contributed by atoms with Crippen LogP contribution in [0.3, 0.4) is 0 Å². The Labute approximate surface area is 63.0 Å². The highest BCUT2D eigenvalue weighted by Crippen LogP contribution is 1.99. The summed E-state index contributed by atoms with van der Waals surface area (Å²) in [6.45, 7) is -0.142. The fraction of sp³-hybridized carbons (Fsp3) is 0.143. The minimum absolute atomic E-state index is 0.0764. The van der Waals surface area contributed by atoms with E-state index in [-0.39, 0.29) is 18.0 Å². The summed E-state index contributed by atoms with van der Waals surface area (Å²) < 4.78 is 12.4. The van der Waals surface area contributed by atoms with E-state index in [2.05, 4.69) is 4.98 Å². The van der Waals surface area contributed by atoms with E-state index >= 15 is 0 Å². The first-order valence-corrected chi connectivity index (χ1v) is 3.09. The van der Waals surface area contributed by atoms with Crippen molar-refractivity contribution >= 4 is 5.78 Å². The Kier molecular flexibility index (Phi) is 2.28. The first-order valence-electron chi connectivity index (χ1n) is 3.09. The maximum absolute atomic E-state index is 12.4. The molecule has 1 heterocycles. The average Bonchev–Trinajstić information content (AvgIpc) is 2.03. The zero-order chi connectivity index (χ0) is 8.27. The van der Waals surface area contributed by atoms with Gasteiger partial charge in [-0.25, -0.2) is 4.39 Å². The number of carbonyl (C=O) groups excluding carboxylic acids is 1. The fourth-order valence-corrected chi connectivity index (χ4v) is 0.662. The van der Waals surface area contributed by atoms with Gasteiger partial charge in [-0.15, -0.1) is 0 Å². The molecule has 0 aliphatic rings. The van der Waals surface area contributed by atoms with Crippen LogP contribution in [-0.2, 0) is 0 Å². The summed E-state index contributed by atoms with van der Waals surface area (Å²) in [7, 11) is 0. The highest BCUT2D eigenvalue weighted by atomic mass is 19.1. The third-order valence-electron chi connectivity index (χ3n) is 1.19. The molecule has 11 heavy (non-hydrogen) atoms. The van der Waals surface area contributed by atoms with Crippen LogP contribution >= 0.6 is 0 Å². The van der Waals surface area contributed by atoms with Crippen LogP contribution in [0.15, 0.2) is 18.3 Å². The number of carbonyl (C=O) groups is 1. The second kappa shape index (κ2) is 3.21. The van der Waals surface area contributed by atoms with E-state index in [1.165, 1.54) is 12.3 Å². The molecule has 1 aromatic heterocycles. The molecule has 0 spiro atoms. The number of hydrogen-bond acceptors (Lipinski definition) is 3. The second-order valence-corrected chi connectivity index (χ2v) is 1.99. The fourth-order valence-electron chi connectivity index (χ4n) is 0.662. The van der Waals surface area contributed by atoms with Gasteiger partial charge in [0.05, 0.1) is 6.54 Å². The summed E-state index contributed by atoms with van der Waals surface area (Å²) >= 11 is 0. The number of Topliss-reactive ketones (excluding diaryl/α,β-unsaturated/α-hetero) is 1. The van der Waals surface area contributed by atoms with Crippen LogP contribution in [0.1, 0.15) is 10.5 Å². The van der Waals surface area contributed by atoms with Crippen molar-refractivity contribution in [2.75, 3.05) is 6.54 Å². The topological polar surface area (TPSA) is 56.0 Å². The van der Waals surface area contributed by atoms with Gasteiger partial charge in [0.1, 0.15) is 11.5 Å². The maximum Gasteiger partial charge on any atom is 0.194 e. The Morgan fingerprint density at radius 3 is 3.00 bits per heavy atom. The minimum Gasteiger partial charge on any atom is -0.324 e. The minimum atomic E-state index is -0.475. The van der Waals surface area contributed by atoms with Crippen LogP contribution in [0, 0.1) is 5.82 Å². The van der Waals surface area contributed by atoms with Crippen LogP contribution in [0.5, 0.6) is 0 Å². The number of ketones is 1. The molecule has 0 bridgehead atoms. The summed E-state index contributed by atoms with van der Waals surface area (Å²) in [4.78, 5) is 14.5. The number of hydrogen-bond donors (Lipinski definition) is 1. The smallest absolute Gasteiger partial charge is 0.194 e. The van der Waals surface area contributed by atoms with Crippen LogP contribution in [0.25, 0.3) is 0 Å². The van der Waals surface area contributed by atoms with Crippen molar-refractivity contribution in [1.29, 1.82) is 0 Å². The Bertz CT molecular complexity index is 275. The molecule has 58 valence electrons. The van der Waals surface area contributed by atoms with Gasteiger partial charge in [-0.2, -0.15) is 0 Å². The molecule has 0 aliphatic heterocycles. The Morgan fingerprint density at radius 1 is 1.73 bits per heavy atom. The molecule has 1 rings (SSSR count). The normalized spacial score (nSPS) is 9.64. The lowest BCUT2D eigenvalue weighted by atomic mass is 10.2. The zero-order valence-electron chi connectivity index (χ0n) is 5.75. The third kappa shape index (κ3) is 1.81. The summed E-state index contributed by atoms with van der Waals surface area (Å²) in [6.07, 6.45) is 1.23. The van der Waals surface area contributed by atoms with E-state index in [4.69, 9.17) is 5.73 Å². The third-order valence-corrected chi connectivity index (χ3v) is 1.19. The van der Waals surface area contributed by atoms with Crippen molar-refractivity contribution in [2.24, 2.45) is 5.73 Å². The predicted molar refractivity (Wildman–Crippen MR) is 37.6 cm³/mol. The Hall–Kier alpha value is -1.29. The molecule has 0 saturated carbocycles. The molecular formula is C7H7FN2O. The van der Waals surface area contributed by atoms with E-state index in [1.54, 1.807) is 0 Å². The van der Waals surface area contributed by atoms with E-state index in [0.717, 1.165) is 6.07 Å². The number of nitrogens with two attached hydrogens (primary N) is 1. The number of halogens is 1. The summed E-state index contributed by atoms with van der Waals surface area (Å²) in [5.74, 6) is -0.832. The summed E-state index contributed by atoms with van der Waals surface area (Å²) in [5.41, 5.74) is 5.12. The lowest BCUT2D eigenvalue weighted by molar-refractivity contribution is 0.0996. The first-order chi connectivity index (χ1) is 5.24. The van der Waals surface area contributed by atoms with Crippen molar-refractivity contribution in [3.05, 3.63) is 29.8 Å². The van der Waals surface area contributed by atoms with Gasteiger partial charge in [-0.3, -0.25) is 9.78 Å². The van der Waals surface area contributed by atoms with Crippen molar-refractivity contribution in [3.8, 4) is 0 Å². The van der Waals surface area contributed by atoms with E-state index in [1.807, 2.05) is 0 Å². The highest BCUT2D eigenvalue weighted by molar-refractivity contribution is 5.95. The summed E-state index contributed by atoms with van der Waals surface area (Å²) in [5, 5.41) is 0. The number of rotatable bonds is 2. The van der Waals surface area contributed by atoms with Crippen molar-refractivity contribution in [1.82, 2.24) is 4.98 Å². The van der Waals surface area contributed by atoms with Gasteiger partial charge in [-0.05, 0) is 6.07 Å². The molecule has 2 N–H and O–H groups in total. The SMILES string of the molecule is NCC(=O)c1cc(F)ccn1. The van der Waals surface area contributed by atoms with Crippen LogP contribution in [-0.4, -0.2) is 17.3 Å². The molecule has 4 heteroatoms. The monoisotopic (exact) mass is 154 g/mol. The van der Waals surface area contributed by atoms with Crippen molar-refractivity contribution in [3.63, 3.8) is 0 Å². The lowest BCUT2D eigenvalue weighted by Crippen LogP contribution is -2.14. The van der Waals surface area contributed by atoms with Crippen LogP contribution in [0.4, 0.5) is 4.39 Å². The van der Waals surface area contributed by atoms with Gasteiger partial charge in [0.2, 0.25) is 0 Å². The van der Waals surface area contributed by atoms with Gasteiger partial charge >= 0.3 is 0 Å². The van der Waals surface area contributed by atoms with Gasteiger partial charge in [0, 0.05) is 12.3 Å². The molecule has 0 unspecified atom stereocenters. The largest absolute Gasteiger partial charge is 0.324 e. The van der Waals surface area contributed by atoms with Gasteiger partial charge in [0.15, 0.2) is 5.78 Å². The molecule has 0 aliphatic carbocycles. The van der Waals surface area contributed by atoms with Crippen LogP contribution < -0.4 is 5.73 Å². The second-order valence-electron chi connectivity index (χ2n) is 1.99. The van der Waals surface area contributed by atoms with E-state index in [0.29, 0.717) is 0 Å². The number of pyridine rings is 1. The molecule has 1 aromatic rings. The zero-order valence-corrected chi connectivity index (χ0v) is 5.75. The highest BCUT2D eigenvalue weighted by Gasteiger charge is 2.04. The molecule has 0 aromatic carbocycles. The molecule has 0 amide bonds.